The van der Waals surface area contributed by atoms with Crippen LogP contribution < -0.4 is 10.1 Å². The Morgan fingerprint density at radius 2 is 1.56 bits per heavy atom. The van der Waals surface area contributed by atoms with Crippen molar-refractivity contribution in [1.82, 2.24) is 0 Å². The second-order valence-electron chi connectivity index (χ2n) is 8.44. The van der Waals surface area contributed by atoms with Gasteiger partial charge in [-0.2, -0.15) is 0 Å². The molecule has 5 heteroatoms. The second kappa shape index (κ2) is 10.1. The van der Waals surface area contributed by atoms with Gasteiger partial charge in [-0.1, -0.05) is 78.3 Å². The van der Waals surface area contributed by atoms with E-state index in [4.69, 9.17) is 20.8 Å². The van der Waals surface area contributed by atoms with Gasteiger partial charge in [-0.15, -0.1) is 0 Å². The minimum Gasteiger partial charge on any atom is -0.496 e. The van der Waals surface area contributed by atoms with Crippen LogP contribution in [0, 0.1) is 0 Å². The van der Waals surface area contributed by atoms with Crippen molar-refractivity contribution in [3.63, 3.8) is 0 Å². The molecule has 178 valence electrons. The number of benzene rings is 4. The first-order valence-electron chi connectivity index (χ1n) is 11.5. The summed E-state index contributed by atoms with van der Waals surface area (Å²) in [4.78, 5) is 12.7. The van der Waals surface area contributed by atoms with Crippen LogP contribution in [0.1, 0.15) is 12.5 Å². The van der Waals surface area contributed by atoms with Crippen LogP contribution in [0.15, 0.2) is 108 Å². The minimum absolute atomic E-state index is 0.272. The Hall–Kier alpha value is -4.28. The number of halogens is 1. The molecule has 0 saturated carbocycles. The number of anilines is 1. The van der Waals surface area contributed by atoms with Gasteiger partial charge in [0.2, 0.25) is 5.91 Å². The van der Waals surface area contributed by atoms with Crippen molar-refractivity contribution in [3.8, 4) is 28.0 Å². The maximum Gasteiger partial charge on any atom is 0.248 e. The zero-order chi connectivity index (χ0) is 25.1. The van der Waals surface area contributed by atoms with E-state index in [9.17, 15) is 4.79 Å². The molecule has 1 N–H and O–H groups in total. The van der Waals surface area contributed by atoms with E-state index < -0.39 is 0 Å². The van der Waals surface area contributed by atoms with Crippen molar-refractivity contribution in [1.29, 1.82) is 0 Å². The summed E-state index contributed by atoms with van der Waals surface area (Å²) in [6.07, 6.45) is 3.30. The lowest BCUT2D eigenvalue weighted by molar-refractivity contribution is -0.111. The molecular formula is C31H24ClNO3. The first kappa shape index (κ1) is 23.5. The Morgan fingerprint density at radius 1 is 0.889 bits per heavy atom. The van der Waals surface area contributed by atoms with Crippen LogP contribution in [0.3, 0.4) is 0 Å². The number of furan rings is 1. The van der Waals surface area contributed by atoms with E-state index in [-0.39, 0.29) is 5.91 Å². The van der Waals surface area contributed by atoms with Crippen molar-refractivity contribution in [2.45, 2.75) is 6.92 Å². The van der Waals surface area contributed by atoms with E-state index in [0.29, 0.717) is 22.0 Å². The number of ether oxygens (including phenoxy) is 1. The fourth-order valence-corrected chi connectivity index (χ4v) is 4.42. The molecular weight excluding hydrogens is 470 g/mol. The molecule has 5 aromatic rings. The molecule has 5 rings (SSSR count). The summed E-state index contributed by atoms with van der Waals surface area (Å²) in [7, 11) is 1.61. The highest BCUT2D eigenvalue weighted by molar-refractivity contribution is 6.33. The second-order valence-corrected chi connectivity index (χ2v) is 8.85. The lowest BCUT2D eigenvalue weighted by atomic mass is 9.97. The molecule has 0 spiro atoms. The summed E-state index contributed by atoms with van der Waals surface area (Å²) in [6, 6.07) is 29.7. The number of allylic oxidation sites excluding steroid dienone is 1. The SMILES string of the molecule is COc1cc2occ(-c3ccc(-c4ccccc4)cc3)c2cc1/C(C)=C/C(=O)Nc1ccccc1Cl. The molecule has 0 aliphatic carbocycles. The van der Waals surface area contributed by atoms with Crippen LogP contribution in [-0.4, -0.2) is 13.0 Å². The summed E-state index contributed by atoms with van der Waals surface area (Å²) in [5.41, 5.74) is 7.18. The summed E-state index contributed by atoms with van der Waals surface area (Å²) in [5, 5.41) is 4.26. The predicted molar refractivity (Wildman–Crippen MR) is 147 cm³/mol. The number of amides is 1. The average Bonchev–Trinajstić information content (AvgIpc) is 3.32. The number of fused-ring (bicyclic) bond motifs is 1. The Labute approximate surface area is 214 Å². The molecule has 0 saturated heterocycles. The third kappa shape index (κ3) is 4.77. The van der Waals surface area contributed by atoms with Crippen LogP contribution in [0.25, 0.3) is 38.8 Å². The molecule has 1 heterocycles. The van der Waals surface area contributed by atoms with Gasteiger partial charge < -0.3 is 14.5 Å². The Kier molecular flexibility index (Phi) is 6.61. The number of hydrogen-bond donors (Lipinski definition) is 1. The summed E-state index contributed by atoms with van der Waals surface area (Å²) in [6.45, 7) is 1.88. The van der Waals surface area contributed by atoms with Gasteiger partial charge in [-0.25, -0.2) is 0 Å². The number of hydrogen-bond acceptors (Lipinski definition) is 3. The number of methoxy groups -OCH3 is 1. The number of para-hydroxylation sites is 1. The van der Waals surface area contributed by atoms with Gasteiger partial charge in [0.15, 0.2) is 0 Å². The number of rotatable bonds is 6. The highest BCUT2D eigenvalue weighted by Gasteiger charge is 2.15. The zero-order valence-corrected chi connectivity index (χ0v) is 20.7. The van der Waals surface area contributed by atoms with Gasteiger partial charge in [0.25, 0.3) is 0 Å². The Morgan fingerprint density at radius 3 is 2.28 bits per heavy atom. The number of carbonyl (C=O) groups excluding carboxylic acids is 1. The van der Waals surface area contributed by atoms with Crippen molar-refractivity contribution in [2.75, 3.05) is 12.4 Å². The lowest BCUT2D eigenvalue weighted by Crippen LogP contribution is -2.09. The van der Waals surface area contributed by atoms with Crippen LogP contribution in [0.4, 0.5) is 5.69 Å². The monoisotopic (exact) mass is 493 g/mol. The quantitative estimate of drug-likeness (QED) is 0.241. The molecule has 0 aliphatic heterocycles. The predicted octanol–water partition coefficient (Wildman–Crippen LogP) is 8.47. The van der Waals surface area contributed by atoms with E-state index in [1.54, 1.807) is 31.6 Å². The fraction of sp³-hybridized carbons (Fsp3) is 0.0645. The average molecular weight is 494 g/mol. The van der Waals surface area contributed by atoms with Crippen molar-refractivity contribution in [2.24, 2.45) is 0 Å². The van der Waals surface area contributed by atoms with Crippen molar-refractivity contribution in [3.05, 3.63) is 114 Å². The third-order valence-corrected chi connectivity index (χ3v) is 6.43. The highest BCUT2D eigenvalue weighted by atomic mass is 35.5. The standard InChI is InChI=1S/C31H24ClNO3/c1-20(16-31(34)33-28-11-7-6-10-27(28)32)24-17-25-26(19-36-30(25)18-29(24)35-2)23-14-12-22(13-15-23)21-8-4-3-5-9-21/h3-19H,1-2H3,(H,33,34)/b20-16+. The van der Waals surface area contributed by atoms with E-state index in [1.807, 2.05) is 49.4 Å². The maximum absolute atomic E-state index is 12.7. The topological polar surface area (TPSA) is 51.5 Å². The molecule has 0 unspecified atom stereocenters. The van der Waals surface area contributed by atoms with E-state index in [2.05, 4.69) is 41.7 Å². The smallest absolute Gasteiger partial charge is 0.248 e. The third-order valence-electron chi connectivity index (χ3n) is 6.10. The molecule has 0 bridgehead atoms. The highest BCUT2D eigenvalue weighted by Crippen LogP contribution is 2.38. The summed E-state index contributed by atoms with van der Waals surface area (Å²) < 4.78 is 11.5. The van der Waals surface area contributed by atoms with E-state index >= 15 is 0 Å². The maximum atomic E-state index is 12.7. The molecule has 0 aliphatic rings. The molecule has 0 atom stereocenters. The van der Waals surface area contributed by atoms with Crippen molar-refractivity contribution < 1.29 is 13.9 Å². The zero-order valence-electron chi connectivity index (χ0n) is 19.9. The van der Waals surface area contributed by atoms with Gasteiger partial charge in [0, 0.05) is 28.7 Å². The normalized spacial score (nSPS) is 11.5. The largest absolute Gasteiger partial charge is 0.496 e. The number of nitrogens with one attached hydrogen (secondary N) is 1. The summed E-state index contributed by atoms with van der Waals surface area (Å²) in [5.74, 6) is 0.355. The van der Waals surface area contributed by atoms with Crippen molar-refractivity contribution >= 4 is 39.7 Å². The van der Waals surface area contributed by atoms with Gasteiger partial charge in [0.1, 0.15) is 11.3 Å². The number of carbonyl (C=O) groups is 1. The minimum atomic E-state index is -0.272. The van der Waals surface area contributed by atoms with Crippen LogP contribution in [0.2, 0.25) is 5.02 Å². The van der Waals surface area contributed by atoms with Crippen LogP contribution >= 0.6 is 11.6 Å². The Bertz CT molecular complexity index is 1570. The van der Waals surface area contributed by atoms with Crippen LogP contribution in [0.5, 0.6) is 5.75 Å². The first-order valence-corrected chi connectivity index (χ1v) is 11.9. The van der Waals surface area contributed by atoms with Gasteiger partial charge in [0.05, 0.1) is 24.1 Å². The molecule has 4 nitrogen and oxygen atoms in total. The van der Waals surface area contributed by atoms with Gasteiger partial charge >= 0.3 is 0 Å². The van der Waals surface area contributed by atoms with E-state index in [1.165, 1.54) is 5.56 Å². The van der Waals surface area contributed by atoms with Crippen LogP contribution in [-0.2, 0) is 4.79 Å². The molecule has 0 radical (unpaired) electrons. The first-order chi connectivity index (χ1) is 17.5. The molecule has 1 amide bonds. The molecule has 36 heavy (non-hydrogen) atoms. The lowest BCUT2D eigenvalue weighted by Gasteiger charge is -2.11. The van der Waals surface area contributed by atoms with Gasteiger partial charge in [-0.05, 0) is 47.4 Å². The Balaban J connectivity index is 1.48. The van der Waals surface area contributed by atoms with E-state index in [0.717, 1.165) is 33.2 Å². The molecule has 1 aromatic heterocycles. The molecule has 0 fully saturated rings. The molecule has 4 aromatic carbocycles. The fourth-order valence-electron chi connectivity index (χ4n) is 4.23. The summed E-state index contributed by atoms with van der Waals surface area (Å²) >= 11 is 6.18. The van der Waals surface area contributed by atoms with Gasteiger partial charge in [-0.3, -0.25) is 4.79 Å².